The summed E-state index contributed by atoms with van der Waals surface area (Å²) in [6, 6.07) is 0.0187. The fourth-order valence-electron chi connectivity index (χ4n) is 1.68. The van der Waals surface area contributed by atoms with Gasteiger partial charge in [0.25, 0.3) is 0 Å². The Morgan fingerprint density at radius 2 is 1.80 bits per heavy atom. The van der Waals surface area contributed by atoms with E-state index in [0.29, 0.717) is 19.0 Å². The molecule has 1 N–H and O–H groups in total. The summed E-state index contributed by atoms with van der Waals surface area (Å²) in [6.45, 7) is 7.31. The molecular formula is C11H20N2O2. The number of amides is 2. The van der Waals surface area contributed by atoms with Crippen molar-refractivity contribution >= 4 is 11.8 Å². The molecule has 0 bridgehead atoms. The molecule has 0 aliphatic carbocycles. The number of piperidine rings is 1. The number of rotatable bonds is 1. The zero-order valence-electron chi connectivity index (χ0n) is 9.75. The van der Waals surface area contributed by atoms with Crippen LogP contribution in [0.3, 0.4) is 0 Å². The van der Waals surface area contributed by atoms with Gasteiger partial charge in [0.05, 0.1) is 0 Å². The first-order valence-corrected chi connectivity index (χ1v) is 5.60. The second-order valence-corrected chi connectivity index (χ2v) is 4.60. The molecule has 1 aliphatic heterocycles. The monoisotopic (exact) mass is 212 g/mol. The maximum Gasteiger partial charge on any atom is 0.311 e. The molecule has 1 heterocycles. The molecule has 4 heteroatoms. The van der Waals surface area contributed by atoms with Crippen LogP contribution < -0.4 is 5.32 Å². The Bertz CT molecular complexity index is 243. The summed E-state index contributed by atoms with van der Waals surface area (Å²) in [4.78, 5) is 24.7. The third-order valence-electron chi connectivity index (χ3n) is 2.68. The highest BCUT2D eigenvalue weighted by molar-refractivity contribution is 6.35. The zero-order valence-corrected chi connectivity index (χ0v) is 9.75. The van der Waals surface area contributed by atoms with Crippen LogP contribution in [0.5, 0.6) is 0 Å². The van der Waals surface area contributed by atoms with Crippen molar-refractivity contribution in [2.24, 2.45) is 5.92 Å². The molecule has 4 nitrogen and oxygen atoms in total. The van der Waals surface area contributed by atoms with E-state index in [1.807, 2.05) is 13.8 Å². The van der Waals surface area contributed by atoms with E-state index in [-0.39, 0.29) is 11.9 Å². The first kappa shape index (κ1) is 12.0. The standard InChI is InChI=1S/C11H20N2O2/c1-8(2)12-10(14)11(15)13-6-4-9(3)5-7-13/h8-9H,4-7H2,1-3H3,(H,12,14). The van der Waals surface area contributed by atoms with Gasteiger partial charge in [0.1, 0.15) is 0 Å². The van der Waals surface area contributed by atoms with E-state index in [2.05, 4.69) is 12.2 Å². The number of nitrogens with one attached hydrogen (secondary N) is 1. The van der Waals surface area contributed by atoms with Crippen molar-refractivity contribution in [2.45, 2.75) is 39.7 Å². The molecule has 0 aromatic carbocycles. The Hall–Kier alpha value is -1.06. The molecule has 1 aliphatic rings. The van der Waals surface area contributed by atoms with Gasteiger partial charge in [0, 0.05) is 19.1 Å². The largest absolute Gasteiger partial charge is 0.346 e. The minimum absolute atomic E-state index is 0.0187. The summed E-state index contributed by atoms with van der Waals surface area (Å²) >= 11 is 0. The molecule has 0 radical (unpaired) electrons. The molecule has 0 spiro atoms. The van der Waals surface area contributed by atoms with E-state index in [9.17, 15) is 9.59 Å². The van der Waals surface area contributed by atoms with Crippen LogP contribution in [0, 0.1) is 5.92 Å². The normalized spacial score (nSPS) is 18.0. The van der Waals surface area contributed by atoms with Gasteiger partial charge in [0.15, 0.2) is 0 Å². The first-order chi connectivity index (χ1) is 7.00. The van der Waals surface area contributed by atoms with Crippen LogP contribution in [0.1, 0.15) is 33.6 Å². The Balaban J connectivity index is 2.43. The molecule has 86 valence electrons. The summed E-state index contributed by atoms with van der Waals surface area (Å²) in [6.07, 6.45) is 2.00. The fourth-order valence-corrected chi connectivity index (χ4v) is 1.68. The van der Waals surface area contributed by atoms with Gasteiger partial charge in [-0.3, -0.25) is 9.59 Å². The van der Waals surface area contributed by atoms with Crippen LogP contribution in [0.2, 0.25) is 0 Å². The van der Waals surface area contributed by atoms with Gasteiger partial charge in [-0.25, -0.2) is 0 Å². The third-order valence-corrected chi connectivity index (χ3v) is 2.68. The third kappa shape index (κ3) is 3.53. The van der Waals surface area contributed by atoms with Gasteiger partial charge in [0.2, 0.25) is 0 Å². The average Bonchev–Trinajstić information content (AvgIpc) is 2.17. The molecule has 1 saturated heterocycles. The van der Waals surface area contributed by atoms with Gasteiger partial charge in [-0.15, -0.1) is 0 Å². The van der Waals surface area contributed by atoms with Crippen LogP contribution in [-0.2, 0) is 9.59 Å². The Morgan fingerprint density at radius 1 is 1.27 bits per heavy atom. The predicted octanol–water partition coefficient (Wildman–Crippen LogP) is 0.769. The maximum atomic E-state index is 11.7. The molecule has 0 aromatic rings. The van der Waals surface area contributed by atoms with Crippen molar-refractivity contribution in [3.8, 4) is 0 Å². The highest BCUT2D eigenvalue weighted by Gasteiger charge is 2.25. The van der Waals surface area contributed by atoms with Gasteiger partial charge >= 0.3 is 11.8 Å². The quantitative estimate of drug-likeness (QED) is 0.653. The van der Waals surface area contributed by atoms with Gasteiger partial charge < -0.3 is 10.2 Å². The van der Waals surface area contributed by atoms with Crippen LogP contribution in [0.15, 0.2) is 0 Å². The van der Waals surface area contributed by atoms with Crippen LogP contribution in [0.4, 0.5) is 0 Å². The molecule has 15 heavy (non-hydrogen) atoms. The van der Waals surface area contributed by atoms with Crippen molar-refractivity contribution in [3.05, 3.63) is 0 Å². The number of hydrogen-bond acceptors (Lipinski definition) is 2. The minimum atomic E-state index is -0.473. The Labute approximate surface area is 91.0 Å². The van der Waals surface area contributed by atoms with E-state index in [1.165, 1.54) is 0 Å². The average molecular weight is 212 g/mol. The zero-order chi connectivity index (χ0) is 11.4. The molecular weight excluding hydrogens is 192 g/mol. The van der Waals surface area contributed by atoms with E-state index in [4.69, 9.17) is 0 Å². The molecule has 1 rings (SSSR count). The minimum Gasteiger partial charge on any atom is -0.346 e. The summed E-state index contributed by atoms with van der Waals surface area (Å²) in [5.41, 5.74) is 0. The summed E-state index contributed by atoms with van der Waals surface area (Å²) in [7, 11) is 0. The molecule has 0 aromatic heterocycles. The van der Waals surface area contributed by atoms with Gasteiger partial charge in [-0.1, -0.05) is 6.92 Å². The van der Waals surface area contributed by atoms with Crippen molar-refractivity contribution in [1.29, 1.82) is 0 Å². The van der Waals surface area contributed by atoms with E-state index < -0.39 is 5.91 Å². The lowest BCUT2D eigenvalue weighted by Crippen LogP contribution is -2.47. The Kier molecular flexibility index (Phi) is 4.12. The van der Waals surface area contributed by atoms with E-state index in [1.54, 1.807) is 4.90 Å². The van der Waals surface area contributed by atoms with Gasteiger partial charge in [-0.05, 0) is 32.6 Å². The second-order valence-electron chi connectivity index (χ2n) is 4.60. The van der Waals surface area contributed by atoms with Crippen molar-refractivity contribution in [1.82, 2.24) is 10.2 Å². The number of nitrogens with zero attached hydrogens (tertiary/aromatic N) is 1. The second kappa shape index (κ2) is 5.14. The lowest BCUT2D eigenvalue weighted by atomic mass is 9.99. The smallest absolute Gasteiger partial charge is 0.311 e. The fraction of sp³-hybridized carbons (Fsp3) is 0.818. The van der Waals surface area contributed by atoms with Crippen LogP contribution >= 0.6 is 0 Å². The molecule has 0 atom stereocenters. The van der Waals surface area contributed by atoms with Crippen molar-refractivity contribution < 1.29 is 9.59 Å². The summed E-state index contributed by atoms with van der Waals surface area (Å²) < 4.78 is 0. The number of carbonyl (C=O) groups excluding carboxylic acids is 2. The van der Waals surface area contributed by atoms with Crippen LogP contribution in [-0.4, -0.2) is 35.8 Å². The van der Waals surface area contributed by atoms with Crippen molar-refractivity contribution in [3.63, 3.8) is 0 Å². The highest BCUT2D eigenvalue weighted by atomic mass is 16.2. The molecule has 0 saturated carbocycles. The Morgan fingerprint density at radius 3 is 2.27 bits per heavy atom. The molecule has 2 amide bonds. The number of hydrogen-bond donors (Lipinski definition) is 1. The lowest BCUT2D eigenvalue weighted by molar-refractivity contribution is -0.147. The number of carbonyl (C=O) groups is 2. The van der Waals surface area contributed by atoms with Crippen molar-refractivity contribution in [2.75, 3.05) is 13.1 Å². The molecule has 0 unspecified atom stereocenters. The van der Waals surface area contributed by atoms with E-state index >= 15 is 0 Å². The topological polar surface area (TPSA) is 49.4 Å². The summed E-state index contributed by atoms with van der Waals surface area (Å²) in [5, 5.41) is 2.62. The maximum absolute atomic E-state index is 11.7. The van der Waals surface area contributed by atoms with E-state index in [0.717, 1.165) is 12.8 Å². The van der Waals surface area contributed by atoms with Gasteiger partial charge in [-0.2, -0.15) is 0 Å². The highest BCUT2D eigenvalue weighted by Crippen LogP contribution is 2.15. The lowest BCUT2D eigenvalue weighted by Gasteiger charge is -2.29. The SMILES string of the molecule is CC1CCN(C(=O)C(=O)NC(C)C)CC1. The first-order valence-electron chi connectivity index (χ1n) is 5.60. The predicted molar refractivity (Wildman–Crippen MR) is 58.3 cm³/mol. The number of likely N-dealkylation sites (tertiary alicyclic amines) is 1. The molecule has 1 fully saturated rings. The summed E-state index contributed by atoms with van der Waals surface area (Å²) in [5.74, 6) is -0.183. The van der Waals surface area contributed by atoms with Crippen LogP contribution in [0.25, 0.3) is 0 Å².